The second kappa shape index (κ2) is 8.17. The molecule has 2 aromatic carbocycles. The van der Waals surface area contributed by atoms with Crippen molar-refractivity contribution in [3.63, 3.8) is 0 Å². The van der Waals surface area contributed by atoms with Crippen LogP contribution in [0.15, 0.2) is 47.4 Å². The number of thioether (sulfide) groups is 1. The number of methoxy groups -OCH3 is 2. The van der Waals surface area contributed by atoms with Gasteiger partial charge in [-0.15, -0.1) is 0 Å². The predicted octanol–water partition coefficient (Wildman–Crippen LogP) is 3.87. The number of ether oxygens (including phenoxy) is 2. The number of carbonyl (C=O) groups excluding carboxylic acids is 1. The zero-order valence-electron chi connectivity index (χ0n) is 14.0. The van der Waals surface area contributed by atoms with Gasteiger partial charge in [0, 0.05) is 30.1 Å². The minimum Gasteiger partial charge on any atom is -0.497 e. The molecule has 0 aliphatic carbocycles. The maximum Gasteiger partial charge on any atom is 0.194 e. The van der Waals surface area contributed by atoms with Crippen LogP contribution in [0.2, 0.25) is 0 Å². The summed E-state index contributed by atoms with van der Waals surface area (Å²) in [5.41, 5.74) is 1.15. The Labute approximate surface area is 151 Å². The first-order valence-corrected chi connectivity index (χ1v) is 8.44. The molecule has 0 saturated carbocycles. The molecule has 2 rings (SSSR count). The minimum atomic E-state index is -0.0828. The summed E-state index contributed by atoms with van der Waals surface area (Å²) in [7, 11) is 6.92. The third kappa shape index (κ3) is 4.27. The van der Waals surface area contributed by atoms with Crippen molar-refractivity contribution < 1.29 is 14.3 Å². The lowest BCUT2D eigenvalue weighted by Crippen LogP contribution is -2.16. The van der Waals surface area contributed by atoms with Crippen LogP contribution < -0.4 is 9.47 Å². The number of benzene rings is 2. The first-order valence-electron chi connectivity index (χ1n) is 7.22. The molecule has 0 heterocycles. The van der Waals surface area contributed by atoms with Gasteiger partial charge in [0.25, 0.3) is 0 Å². The molecule has 0 spiro atoms. The highest BCUT2D eigenvalue weighted by molar-refractivity contribution is 8.23. The van der Waals surface area contributed by atoms with Gasteiger partial charge in [-0.05, 0) is 30.3 Å². The standard InChI is InChI=1S/C18H19NO3S2/c1-19(2)18(23)24-16-11-14(22-4)8-9-15(16)17(20)12-6-5-7-13(10-12)21-3/h5-11H,1-4H3. The zero-order valence-corrected chi connectivity index (χ0v) is 15.7. The highest BCUT2D eigenvalue weighted by atomic mass is 32.2. The molecule has 126 valence electrons. The zero-order chi connectivity index (χ0) is 17.7. The highest BCUT2D eigenvalue weighted by Gasteiger charge is 2.17. The van der Waals surface area contributed by atoms with Crippen LogP contribution in [-0.2, 0) is 0 Å². The molecule has 0 unspecified atom stereocenters. The normalized spacial score (nSPS) is 10.2. The first-order chi connectivity index (χ1) is 11.5. The maximum atomic E-state index is 12.9. The molecule has 4 nitrogen and oxygen atoms in total. The van der Waals surface area contributed by atoms with Crippen molar-refractivity contribution in [2.75, 3.05) is 28.3 Å². The summed E-state index contributed by atoms with van der Waals surface area (Å²) < 4.78 is 11.1. The van der Waals surface area contributed by atoms with Crippen LogP contribution >= 0.6 is 24.0 Å². The molecule has 0 aromatic heterocycles. The molecular weight excluding hydrogens is 342 g/mol. The Morgan fingerprint density at radius 1 is 1.04 bits per heavy atom. The lowest BCUT2D eigenvalue weighted by Gasteiger charge is -2.15. The van der Waals surface area contributed by atoms with Gasteiger partial charge in [-0.3, -0.25) is 4.79 Å². The SMILES string of the molecule is COc1cccc(C(=O)c2ccc(OC)cc2SC(=S)N(C)C)c1. The molecule has 0 fully saturated rings. The van der Waals surface area contributed by atoms with Crippen LogP contribution in [0, 0.1) is 0 Å². The Bertz CT molecular complexity index is 760. The maximum absolute atomic E-state index is 12.9. The number of thiocarbonyl (C=S) groups is 1. The summed E-state index contributed by atoms with van der Waals surface area (Å²) >= 11 is 6.72. The number of hydrogen-bond acceptors (Lipinski definition) is 5. The molecule has 24 heavy (non-hydrogen) atoms. The van der Waals surface area contributed by atoms with Gasteiger partial charge in [0.2, 0.25) is 0 Å². The molecule has 0 atom stereocenters. The summed E-state index contributed by atoms with van der Waals surface area (Å²) in [5.74, 6) is 1.24. The predicted molar refractivity (Wildman–Crippen MR) is 102 cm³/mol. The van der Waals surface area contributed by atoms with Gasteiger partial charge in [-0.25, -0.2) is 0 Å². The lowest BCUT2D eigenvalue weighted by atomic mass is 10.0. The van der Waals surface area contributed by atoms with Gasteiger partial charge in [0.1, 0.15) is 15.8 Å². The Kier molecular flexibility index (Phi) is 6.23. The second-order valence-corrected chi connectivity index (χ2v) is 6.86. The van der Waals surface area contributed by atoms with Crippen molar-refractivity contribution in [3.8, 4) is 11.5 Å². The van der Waals surface area contributed by atoms with E-state index in [-0.39, 0.29) is 5.78 Å². The first kappa shape index (κ1) is 18.3. The third-order valence-electron chi connectivity index (χ3n) is 3.33. The van der Waals surface area contributed by atoms with Crippen molar-refractivity contribution in [1.29, 1.82) is 0 Å². The van der Waals surface area contributed by atoms with Crippen LogP contribution in [0.25, 0.3) is 0 Å². The molecule has 0 saturated heterocycles. The summed E-state index contributed by atoms with van der Waals surface area (Å²) in [5, 5.41) is 0. The third-order valence-corrected chi connectivity index (χ3v) is 5.04. The average molecular weight is 361 g/mol. The monoisotopic (exact) mass is 361 g/mol. The Hall–Kier alpha value is -2.05. The quantitative estimate of drug-likeness (QED) is 0.457. The van der Waals surface area contributed by atoms with Gasteiger partial charge in [0.05, 0.1) is 14.2 Å². The Balaban J connectivity index is 2.43. The molecule has 0 amide bonds. The summed E-state index contributed by atoms with van der Waals surface area (Å²) in [6.07, 6.45) is 0. The van der Waals surface area contributed by atoms with Crippen LogP contribution in [0.3, 0.4) is 0 Å². The minimum absolute atomic E-state index is 0.0828. The summed E-state index contributed by atoms with van der Waals surface area (Å²) in [6, 6.07) is 12.5. The molecule has 0 N–H and O–H groups in total. The number of nitrogens with zero attached hydrogens (tertiary/aromatic N) is 1. The van der Waals surface area contributed by atoms with E-state index in [1.165, 1.54) is 11.8 Å². The molecular formula is C18H19NO3S2. The van der Waals surface area contributed by atoms with E-state index in [2.05, 4.69) is 0 Å². The largest absolute Gasteiger partial charge is 0.497 e. The number of rotatable bonds is 5. The smallest absolute Gasteiger partial charge is 0.194 e. The fraction of sp³-hybridized carbons (Fsp3) is 0.222. The number of carbonyl (C=O) groups is 1. The average Bonchev–Trinajstić information content (AvgIpc) is 2.60. The van der Waals surface area contributed by atoms with E-state index >= 15 is 0 Å². The molecule has 0 aliphatic rings. The van der Waals surface area contributed by atoms with E-state index in [1.807, 2.05) is 31.1 Å². The van der Waals surface area contributed by atoms with Gasteiger partial charge < -0.3 is 14.4 Å². The van der Waals surface area contributed by atoms with Crippen LogP contribution in [0.4, 0.5) is 0 Å². The van der Waals surface area contributed by atoms with E-state index in [4.69, 9.17) is 21.7 Å². The molecule has 6 heteroatoms. The van der Waals surface area contributed by atoms with Gasteiger partial charge in [-0.2, -0.15) is 0 Å². The van der Waals surface area contributed by atoms with Gasteiger partial charge in [0.15, 0.2) is 5.78 Å². The summed E-state index contributed by atoms with van der Waals surface area (Å²) in [6.45, 7) is 0. The summed E-state index contributed by atoms with van der Waals surface area (Å²) in [4.78, 5) is 15.5. The van der Waals surface area contributed by atoms with Gasteiger partial charge >= 0.3 is 0 Å². The van der Waals surface area contributed by atoms with Gasteiger partial charge in [-0.1, -0.05) is 36.1 Å². The van der Waals surface area contributed by atoms with Crippen LogP contribution in [0.1, 0.15) is 15.9 Å². The fourth-order valence-electron chi connectivity index (χ4n) is 2.01. The fourth-order valence-corrected chi connectivity index (χ4v) is 3.09. The van der Waals surface area contributed by atoms with Crippen molar-refractivity contribution in [3.05, 3.63) is 53.6 Å². The van der Waals surface area contributed by atoms with E-state index in [0.717, 1.165) is 4.90 Å². The topological polar surface area (TPSA) is 38.8 Å². The van der Waals surface area contributed by atoms with Crippen molar-refractivity contribution in [2.24, 2.45) is 0 Å². The molecule has 0 aliphatic heterocycles. The van der Waals surface area contributed by atoms with Crippen molar-refractivity contribution in [1.82, 2.24) is 4.90 Å². The van der Waals surface area contributed by atoms with E-state index in [9.17, 15) is 4.79 Å². The van der Waals surface area contributed by atoms with Crippen LogP contribution in [0.5, 0.6) is 11.5 Å². The second-order valence-electron chi connectivity index (χ2n) is 5.19. The molecule has 0 bridgehead atoms. The van der Waals surface area contributed by atoms with E-state index in [1.54, 1.807) is 44.6 Å². The van der Waals surface area contributed by atoms with Crippen LogP contribution in [-0.4, -0.2) is 43.3 Å². The Morgan fingerprint density at radius 3 is 2.33 bits per heavy atom. The lowest BCUT2D eigenvalue weighted by molar-refractivity contribution is 0.103. The molecule has 0 radical (unpaired) electrons. The number of hydrogen-bond donors (Lipinski definition) is 0. The van der Waals surface area contributed by atoms with Crippen molar-refractivity contribution >= 4 is 34.1 Å². The van der Waals surface area contributed by atoms with Crippen molar-refractivity contribution in [2.45, 2.75) is 4.90 Å². The van der Waals surface area contributed by atoms with E-state index in [0.29, 0.717) is 26.9 Å². The molecule has 2 aromatic rings. The van der Waals surface area contributed by atoms with E-state index < -0.39 is 0 Å². The Morgan fingerprint density at radius 2 is 1.71 bits per heavy atom. The highest BCUT2D eigenvalue weighted by Crippen LogP contribution is 2.31. The number of ketones is 1.